The first-order valence-corrected chi connectivity index (χ1v) is 13.7. The van der Waals surface area contributed by atoms with Crippen molar-refractivity contribution >= 4 is 31.4 Å². The van der Waals surface area contributed by atoms with Gasteiger partial charge in [-0.3, -0.25) is 4.72 Å². The fourth-order valence-corrected chi connectivity index (χ4v) is 5.93. The largest absolute Gasteiger partial charge is 0.283 e. The molecule has 0 unspecified atom stereocenters. The molecule has 1 aliphatic rings. The van der Waals surface area contributed by atoms with E-state index in [1.807, 2.05) is 31.2 Å². The van der Waals surface area contributed by atoms with Crippen LogP contribution in [0.3, 0.4) is 0 Å². The third kappa shape index (κ3) is 4.69. The van der Waals surface area contributed by atoms with Gasteiger partial charge in [0.05, 0.1) is 28.1 Å². The average Bonchev–Trinajstić information content (AvgIpc) is 3.26. The lowest BCUT2D eigenvalue weighted by Gasteiger charge is -2.24. The molecule has 7 nitrogen and oxygen atoms in total. The Bertz CT molecular complexity index is 1450. The topological polar surface area (TPSA) is 95.9 Å². The van der Waals surface area contributed by atoms with Crippen molar-refractivity contribution in [2.24, 2.45) is 5.10 Å². The lowest BCUT2D eigenvalue weighted by atomic mass is 9.95. The van der Waals surface area contributed by atoms with Crippen molar-refractivity contribution in [3.63, 3.8) is 0 Å². The van der Waals surface area contributed by atoms with Crippen LogP contribution in [-0.2, 0) is 20.0 Å². The van der Waals surface area contributed by atoms with Crippen molar-refractivity contribution in [2.75, 3.05) is 10.5 Å². The van der Waals surface area contributed by atoms with E-state index in [-0.39, 0.29) is 17.1 Å². The minimum Gasteiger partial charge on any atom is -0.283 e. The molecule has 10 heteroatoms. The summed E-state index contributed by atoms with van der Waals surface area (Å²) < 4.78 is 68.6. The zero-order valence-electron chi connectivity index (χ0n) is 18.6. The lowest BCUT2D eigenvalue weighted by molar-refractivity contribution is 0.370. The predicted octanol–water partition coefficient (Wildman–Crippen LogP) is 4.44. The molecule has 0 aliphatic carbocycles. The average molecular weight is 502 g/mol. The van der Waals surface area contributed by atoms with Crippen LogP contribution in [0.1, 0.15) is 36.1 Å². The lowest BCUT2D eigenvalue weighted by Crippen LogP contribution is -2.27. The first-order chi connectivity index (χ1) is 16.1. The maximum Gasteiger partial charge on any atom is 0.279 e. The maximum absolute atomic E-state index is 13.6. The zero-order chi connectivity index (χ0) is 24.5. The third-order valence-corrected chi connectivity index (χ3v) is 8.65. The Morgan fingerprint density at radius 3 is 2.29 bits per heavy atom. The van der Waals surface area contributed by atoms with Crippen molar-refractivity contribution in [1.82, 2.24) is 4.41 Å². The standard InChI is InChI=1S/C24H24FN3O4S2/c1-3-33(29,30)27-22-11-7-6-10-21(22)23-16-24(20-9-5-4-8-17(20)2)28(26-23)34(31,32)19-14-12-18(25)13-15-19/h4-15,24,27H,3,16H2,1-2H3/t24-/m1/s1. The van der Waals surface area contributed by atoms with Gasteiger partial charge in [-0.1, -0.05) is 42.5 Å². The highest BCUT2D eigenvalue weighted by Gasteiger charge is 2.38. The molecule has 1 aliphatic heterocycles. The van der Waals surface area contributed by atoms with Crippen LogP contribution in [-0.4, -0.2) is 32.7 Å². The van der Waals surface area contributed by atoms with Crippen LogP contribution in [0.5, 0.6) is 0 Å². The molecule has 0 saturated carbocycles. The van der Waals surface area contributed by atoms with Gasteiger partial charge in [0.1, 0.15) is 5.82 Å². The fourth-order valence-electron chi connectivity index (χ4n) is 3.84. The highest BCUT2D eigenvalue weighted by molar-refractivity contribution is 7.92. The normalized spacial score (nSPS) is 16.4. The Morgan fingerprint density at radius 2 is 1.62 bits per heavy atom. The van der Waals surface area contributed by atoms with Crippen molar-refractivity contribution < 1.29 is 21.2 Å². The highest BCUT2D eigenvalue weighted by atomic mass is 32.2. The fraction of sp³-hybridized carbons (Fsp3) is 0.208. The second-order valence-corrected chi connectivity index (χ2v) is 11.7. The number of anilines is 1. The SMILES string of the molecule is CCS(=O)(=O)Nc1ccccc1C1=NN(S(=O)(=O)c2ccc(F)cc2)[C@@H](c2ccccc2C)C1. The third-order valence-electron chi connectivity index (χ3n) is 5.66. The minimum absolute atomic E-state index is 0.0857. The van der Waals surface area contributed by atoms with Crippen molar-refractivity contribution in [3.05, 3.63) is 95.3 Å². The monoisotopic (exact) mass is 501 g/mol. The summed E-state index contributed by atoms with van der Waals surface area (Å²) >= 11 is 0. The predicted molar refractivity (Wildman–Crippen MR) is 130 cm³/mol. The number of rotatable bonds is 7. The molecular formula is C24H24FN3O4S2. The van der Waals surface area contributed by atoms with E-state index in [1.165, 1.54) is 19.1 Å². The van der Waals surface area contributed by atoms with Gasteiger partial charge in [0.25, 0.3) is 10.0 Å². The molecule has 0 aromatic heterocycles. The van der Waals surface area contributed by atoms with Crippen LogP contribution in [0.2, 0.25) is 0 Å². The van der Waals surface area contributed by atoms with E-state index in [4.69, 9.17) is 0 Å². The number of halogens is 1. The van der Waals surface area contributed by atoms with E-state index in [1.54, 1.807) is 24.3 Å². The molecule has 3 aromatic carbocycles. The van der Waals surface area contributed by atoms with Crippen LogP contribution < -0.4 is 4.72 Å². The molecule has 0 amide bonds. The molecule has 1 atom stereocenters. The van der Waals surface area contributed by atoms with E-state index in [2.05, 4.69) is 9.82 Å². The molecule has 178 valence electrons. The Hall–Kier alpha value is -3.24. The van der Waals surface area contributed by atoms with Gasteiger partial charge in [0.15, 0.2) is 0 Å². The summed E-state index contributed by atoms with van der Waals surface area (Å²) in [5, 5.41) is 4.48. The molecule has 0 fully saturated rings. The molecule has 0 radical (unpaired) electrons. The summed E-state index contributed by atoms with van der Waals surface area (Å²) in [4.78, 5) is -0.0857. The number of hydrogen-bond donors (Lipinski definition) is 1. The van der Waals surface area contributed by atoms with Crippen LogP contribution in [0, 0.1) is 12.7 Å². The maximum atomic E-state index is 13.6. The van der Waals surface area contributed by atoms with E-state index >= 15 is 0 Å². The van der Waals surface area contributed by atoms with Gasteiger partial charge in [-0.2, -0.15) is 17.9 Å². The second kappa shape index (κ2) is 9.19. The number of para-hydroxylation sites is 1. The van der Waals surface area contributed by atoms with Crippen LogP contribution >= 0.6 is 0 Å². The first kappa shape index (κ1) is 23.9. The highest BCUT2D eigenvalue weighted by Crippen LogP contribution is 2.39. The van der Waals surface area contributed by atoms with E-state index in [0.29, 0.717) is 17.0 Å². The summed E-state index contributed by atoms with van der Waals surface area (Å²) in [7, 11) is -7.68. The molecular weight excluding hydrogens is 477 g/mol. The van der Waals surface area contributed by atoms with Gasteiger partial charge in [0, 0.05) is 12.0 Å². The number of benzene rings is 3. The summed E-state index contributed by atoms with van der Waals surface area (Å²) in [5.41, 5.74) is 2.91. The van der Waals surface area contributed by atoms with Gasteiger partial charge < -0.3 is 0 Å². The number of hydrogen-bond acceptors (Lipinski definition) is 5. The van der Waals surface area contributed by atoms with Gasteiger partial charge in [-0.25, -0.2) is 12.8 Å². The molecule has 1 heterocycles. The molecule has 3 aromatic rings. The Labute approximate surface area is 199 Å². The van der Waals surface area contributed by atoms with Crippen LogP contribution in [0.25, 0.3) is 0 Å². The number of hydrazone groups is 1. The van der Waals surface area contributed by atoms with Crippen LogP contribution in [0.15, 0.2) is 82.8 Å². The van der Waals surface area contributed by atoms with E-state index in [0.717, 1.165) is 27.7 Å². The molecule has 0 saturated heterocycles. The molecule has 0 bridgehead atoms. The van der Waals surface area contributed by atoms with Gasteiger partial charge in [-0.05, 0) is 55.3 Å². The Kier molecular flexibility index (Phi) is 6.46. The summed E-state index contributed by atoms with van der Waals surface area (Å²) in [6, 6.07) is 18.1. The molecule has 34 heavy (non-hydrogen) atoms. The van der Waals surface area contributed by atoms with Crippen LogP contribution in [0.4, 0.5) is 10.1 Å². The minimum atomic E-state index is -4.12. The molecule has 1 N–H and O–H groups in total. The van der Waals surface area contributed by atoms with Gasteiger partial charge in [-0.15, -0.1) is 0 Å². The Morgan fingerprint density at radius 1 is 0.971 bits per heavy atom. The summed E-state index contributed by atoms with van der Waals surface area (Å²) in [5.74, 6) is -0.651. The second-order valence-electron chi connectivity index (χ2n) is 7.91. The van der Waals surface area contributed by atoms with Crippen molar-refractivity contribution in [2.45, 2.75) is 31.2 Å². The van der Waals surface area contributed by atoms with E-state index < -0.39 is 31.9 Å². The van der Waals surface area contributed by atoms with Gasteiger partial charge >= 0.3 is 0 Å². The summed E-state index contributed by atoms with van der Waals surface area (Å²) in [6.07, 6.45) is 0.232. The van der Waals surface area contributed by atoms with Crippen molar-refractivity contribution in [3.8, 4) is 0 Å². The molecule has 0 spiro atoms. The zero-order valence-corrected chi connectivity index (χ0v) is 20.3. The number of sulfonamides is 2. The summed E-state index contributed by atoms with van der Waals surface area (Å²) in [6.45, 7) is 3.42. The number of nitrogens with one attached hydrogen (secondary N) is 1. The van der Waals surface area contributed by atoms with Crippen molar-refractivity contribution in [1.29, 1.82) is 0 Å². The Balaban J connectivity index is 1.84. The quantitative estimate of drug-likeness (QED) is 0.518. The smallest absolute Gasteiger partial charge is 0.279 e. The first-order valence-electron chi connectivity index (χ1n) is 10.7. The molecule has 4 rings (SSSR count). The van der Waals surface area contributed by atoms with E-state index in [9.17, 15) is 21.2 Å². The number of nitrogens with zero attached hydrogens (tertiary/aromatic N) is 2. The number of aryl methyl sites for hydroxylation is 1. The van der Waals surface area contributed by atoms with Gasteiger partial charge in [0.2, 0.25) is 10.0 Å².